The zero-order valence-electron chi connectivity index (χ0n) is 12.8. The first kappa shape index (κ1) is 16.0. The third kappa shape index (κ3) is 3.73. The summed E-state index contributed by atoms with van der Waals surface area (Å²) in [5, 5.41) is 15.0. The first-order valence-corrected chi connectivity index (χ1v) is 7.82. The standard InChI is InChI=1S/C19H15ClN2O2/c20-17-9-7-14(8-10-17)15-4-3-5-16(12-15)19(23)21-13-18-6-1-2-11-22(18)24/h1-12H,13H2,(H,21,23). The van der Waals surface area contributed by atoms with Gasteiger partial charge in [0, 0.05) is 22.7 Å². The molecule has 3 rings (SSSR count). The van der Waals surface area contributed by atoms with Gasteiger partial charge in [-0.2, -0.15) is 4.73 Å². The van der Waals surface area contributed by atoms with Crippen LogP contribution < -0.4 is 10.0 Å². The molecule has 0 aliphatic carbocycles. The number of aromatic nitrogens is 1. The first-order chi connectivity index (χ1) is 11.6. The van der Waals surface area contributed by atoms with Gasteiger partial charge in [-0.3, -0.25) is 4.79 Å². The van der Waals surface area contributed by atoms with E-state index in [-0.39, 0.29) is 12.5 Å². The average molecular weight is 339 g/mol. The Morgan fingerprint density at radius 3 is 2.54 bits per heavy atom. The fourth-order valence-corrected chi connectivity index (χ4v) is 2.48. The number of hydrogen-bond donors (Lipinski definition) is 1. The third-order valence-corrected chi connectivity index (χ3v) is 3.89. The molecule has 0 unspecified atom stereocenters. The molecule has 0 saturated heterocycles. The van der Waals surface area contributed by atoms with Crippen molar-refractivity contribution in [2.45, 2.75) is 6.54 Å². The molecular formula is C19H15ClN2O2. The van der Waals surface area contributed by atoms with Crippen molar-refractivity contribution in [2.75, 3.05) is 0 Å². The van der Waals surface area contributed by atoms with Gasteiger partial charge >= 0.3 is 0 Å². The third-order valence-electron chi connectivity index (χ3n) is 3.64. The zero-order chi connectivity index (χ0) is 16.9. The Morgan fingerprint density at radius 2 is 1.79 bits per heavy atom. The van der Waals surface area contributed by atoms with Crippen LogP contribution in [0.1, 0.15) is 16.1 Å². The summed E-state index contributed by atoms with van der Waals surface area (Å²) in [5.74, 6) is -0.227. The molecule has 1 N–H and O–H groups in total. The molecule has 1 amide bonds. The maximum absolute atomic E-state index is 12.3. The Bertz CT molecular complexity index is 863. The molecule has 0 aliphatic rings. The van der Waals surface area contributed by atoms with Crippen molar-refractivity contribution in [1.29, 1.82) is 0 Å². The number of nitrogens with one attached hydrogen (secondary N) is 1. The fourth-order valence-electron chi connectivity index (χ4n) is 2.36. The molecule has 5 heteroatoms. The second-order valence-electron chi connectivity index (χ2n) is 5.29. The van der Waals surface area contributed by atoms with Crippen molar-refractivity contribution in [3.63, 3.8) is 0 Å². The van der Waals surface area contributed by atoms with Crippen molar-refractivity contribution in [1.82, 2.24) is 5.32 Å². The SMILES string of the molecule is O=C(NCc1cccc[n+]1[O-])c1cccc(-c2ccc(Cl)cc2)c1. The maximum Gasteiger partial charge on any atom is 0.251 e. The summed E-state index contributed by atoms with van der Waals surface area (Å²) in [5.41, 5.74) is 2.93. The number of amides is 1. The molecule has 0 spiro atoms. The fraction of sp³-hybridized carbons (Fsp3) is 0.0526. The van der Waals surface area contributed by atoms with Crippen molar-refractivity contribution in [2.24, 2.45) is 0 Å². The van der Waals surface area contributed by atoms with Crippen LogP contribution in [0, 0.1) is 5.21 Å². The van der Waals surface area contributed by atoms with Crippen LogP contribution in [0.25, 0.3) is 11.1 Å². The van der Waals surface area contributed by atoms with Crippen molar-refractivity contribution in [3.05, 3.63) is 94.4 Å². The average Bonchev–Trinajstić information content (AvgIpc) is 2.61. The van der Waals surface area contributed by atoms with Crippen molar-refractivity contribution < 1.29 is 9.52 Å². The van der Waals surface area contributed by atoms with Gasteiger partial charge in [0.1, 0.15) is 6.54 Å². The van der Waals surface area contributed by atoms with Gasteiger partial charge in [0.2, 0.25) is 5.69 Å². The van der Waals surface area contributed by atoms with Crippen LogP contribution in [0.15, 0.2) is 72.9 Å². The lowest BCUT2D eigenvalue weighted by Crippen LogP contribution is -2.35. The molecule has 120 valence electrons. The first-order valence-electron chi connectivity index (χ1n) is 7.45. The van der Waals surface area contributed by atoms with E-state index in [9.17, 15) is 10.0 Å². The lowest BCUT2D eigenvalue weighted by molar-refractivity contribution is -0.614. The second kappa shape index (κ2) is 7.15. The molecular weight excluding hydrogens is 324 g/mol. The maximum atomic E-state index is 12.3. The Morgan fingerprint density at radius 1 is 1.00 bits per heavy atom. The topological polar surface area (TPSA) is 56.0 Å². The van der Waals surface area contributed by atoms with Gasteiger partial charge in [0.05, 0.1) is 0 Å². The lowest BCUT2D eigenvalue weighted by atomic mass is 10.0. The number of rotatable bonds is 4. The highest BCUT2D eigenvalue weighted by molar-refractivity contribution is 6.30. The summed E-state index contributed by atoms with van der Waals surface area (Å²) in [4.78, 5) is 12.3. The minimum Gasteiger partial charge on any atom is -0.618 e. The van der Waals surface area contributed by atoms with Crippen LogP contribution in [0.3, 0.4) is 0 Å². The zero-order valence-corrected chi connectivity index (χ0v) is 13.5. The molecule has 0 bridgehead atoms. The number of carbonyl (C=O) groups is 1. The van der Waals surface area contributed by atoms with Crippen LogP contribution >= 0.6 is 11.6 Å². The predicted octanol–water partition coefficient (Wildman–Crippen LogP) is 3.57. The van der Waals surface area contributed by atoms with Crippen LogP contribution in [0.4, 0.5) is 0 Å². The molecule has 1 aromatic heterocycles. The molecule has 0 aliphatic heterocycles. The number of halogens is 1. The number of pyridine rings is 1. The van der Waals surface area contributed by atoms with Crippen LogP contribution in [0.2, 0.25) is 5.02 Å². The molecule has 24 heavy (non-hydrogen) atoms. The largest absolute Gasteiger partial charge is 0.618 e. The second-order valence-corrected chi connectivity index (χ2v) is 5.72. The molecule has 3 aromatic rings. The number of hydrogen-bond acceptors (Lipinski definition) is 2. The van der Waals surface area contributed by atoms with Crippen molar-refractivity contribution in [3.8, 4) is 11.1 Å². The summed E-state index contributed by atoms with van der Waals surface area (Å²) in [7, 11) is 0. The summed E-state index contributed by atoms with van der Waals surface area (Å²) >= 11 is 5.90. The summed E-state index contributed by atoms with van der Waals surface area (Å²) in [6, 6.07) is 19.8. The Hall–Kier alpha value is -2.85. The van der Waals surface area contributed by atoms with E-state index in [0.29, 0.717) is 16.3 Å². The van der Waals surface area contributed by atoms with Crippen LogP contribution in [0.5, 0.6) is 0 Å². The highest BCUT2D eigenvalue weighted by Crippen LogP contribution is 2.22. The van der Waals surface area contributed by atoms with E-state index in [1.54, 1.807) is 24.3 Å². The molecule has 1 heterocycles. The van der Waals surface area contributed by atoms with E-state index in [4.69, 9.17) is 11.6 Å². The Labute approximate surface area is 144 Å². The van der Waals surface area contributed by atoms with Gasteiger partial charge < -0.3 is 10.5 Å². The van der Waals surface area contributed by atoms with Crippen LogP contribution in [-0.2, 0) is 6.54 Å². The van der Waals surface area contributed by atoms with Gasteiger partial charge in [-0.25, -0.2) is 0 Å². The highest BCUT2D eigenvalue weighted by Gasteiger charge is 2.10. The quantitative estimate of drug-likeness (QED) is 0.584. The van der Waals surface area contributed by atoms with E-state index in [0.717, 1.165) is 15.9 Å². The van der Waals surface area contributed by atoms with Gasteiger partial charge in [0.15, 0.2) is 6.20 Å². The van der Waals surface area contributed by atoms with Crippen molar-refractivity contribution >= 4 is 17.5 Å². The van der Waals surface area contributed by atoms with E-state index < -0.39 is 0 Å². The smallest absolute Gasteiger partial charge is 0.251 e. The minimum atomic E-state index is -0.227. The molecule has 0 fully saturated rings. The molecule has 2 aromatic carbocycles. The van der Waals surface area contributed by atoms with Gasteiger partial charge in [-0.15, -0.1) is 0 Å². The molecule has 0 saturated carbocycles. The Kier molecular flexibility index (Phi) is 4.77. The molecule has 0 radical (unpaired) electrons. The number of nitrogens with zero attached hydrogens (tertiary/aromatic N) is 1. The van der Waals surface area contributed by atoms with E-state index in [2.05, 4.69) is 5.32 Å². The summed E-state index contributed by atoms with van der Waals surface area (Å²) < 4.78 is 0.740. The van der Waals surface area contributed by atoms with E-state index >= 15 is 0 Å². The van der Waals surface area contributed by atoms with Gasteiger partial charge in [-0.05, 0) is 41.5 Å². The normalized spacial score (nSPS) is 10.4. The van der Waals surface area contributed by atoms with Gasteiger partial charge in [-0.1, -0.05) is 35.9 Å². The number of carbonyl (C=O) groups excluding carboxylic acids is 1. The monoisotopic (exact) mass is 338 g/mol. The predicted molar refractivity (Wildman–Crippen MR) is 93.5 cm³/mol. The highest BCUT2D eigenvalue weighted by atomic mass is 35.5. The lowest BCUT2D eigenvalue weighted by Gasteiger charge is -2.08. The van der Waals surface area contributed by atoms with Crippen LogP contribution in [-0.4, -0.2) is 5.91 Å². The Balaban J connectivity index is 1.75. The minimum absolute atomic E-state index is 0.175. The summed E-state index contributed by atoms with van der Waals surface area (Å²) in [6.45, 7) is 0.175. The van der Waals surface area contributed by atoms with E-state index in [1.165, 1.54) is 6.20 Å². The van der Waals surface area contributed by atoms with Gasteiger partial charge in [0.25, 0.3) is 5.91 Å². The molecule has 0 atom stereocenters. The van der Waals surface area contributed by atoms with E-state index in [1.807, 2.05) is 42.5 Å². The summed E-state index contributed by atoms with van der Waals surface area (Å²) in [6.07, 6.45) is 1.41. The molecule has 4 nitrogen and oxygen atoms in total. The number of benzene rings is 2.